The number of piperidine rings is 1. The first-order chi connectivity index (χ1) is 10.1. The number of methoxy groups -OCH3 is 1. The minimum absolute atomic E-state index is 0.0224. The van der Waals surface area contributed by atoms with Crippen molar-refractivity contribution in [3.8, 4) is 0 Å². The summed E-state index contributed by atoms with van der Waals surface area (Å²) in [5.41, 5.74) is 0.234. The highest BCUT2D eigenvalue weighted by atomic mass is 35.5. The second-order valence-corrected chi connectivity index (χ2v) is 5.19. The van der Waals surface area contributed by atoms with Gasteiger partial charge in [-0.25, -0.2) is 0 Å². The van der Waals surface area contributed by atoms with E-state index in [0.29, 0.717) is 25.9 Å². The second-order valence-electron chi connectivity index (χ2n) is 4.80. The topological polar surface area (TPSA) is 84.4 Å². The zero-order chi connectivity index (χ0) is 15.2. The van der Waals surface area contributed by atoms with Gasteiger partial charge in [-0.1, -0.05) is 11.6 Å². The molecule has 0 aliphatic carbocycles. The molecule has 1 saturated heterocycles. The highest BCUT2D eigenvalue weighted by molar-refractivity contribution is 6.29. The van der Waals surface area contributed by atoms with Crippen LogP contribution < -0.4 is 5.32 Å². The molecule has 0 radical (unpaired) electrons. The molecule has 0 saturated carbocycles. The molecule has 1 aromatic rings. The molecule has 7 nitrogen and oxygen atoms in total. The van der Waals surface area contributed by atoms with Crippen molar-refractivity contribution >= 4 is 23.4 Å². The predicted molar refractivity (Wildman–Crippen MR) is 76.0 cm³/mol. The van der Waals surface area contributed by atoms with Crippen LogP contribution in [0.15, 0.2) is 12.1 Å². The van der Waals surface area contributed by atoms with Gasteiger partial charge in [0.15, 0.2) is 10.8 Å². The van der Waals surface area contributed by atoms with E-state index in [1.165, 1.54) is 19.2 Å². The molecular weight excluding hydrogens is 296 g/mol. The predicted octanol–water partition coefficient (Wildman–Crippen LogP) is 0.497. The smallest absolute Gasteiger partial charge is 0.272 e. The Labute approximate surface area is 127 Å². The van der Waals surface area contributed by atoms with E-state index in [0.717, 1.165) is 0 Å². The summed E-state index contributed by atoms with van der Waals surface area (Å²) >= 11 is 5.63. The number of rotatable bonds is 4. The van der Waals surface area contributed by atoms with E-state index in [1.54, 1.807) is 4.90 Å². The molecule has 1 aliphatic heterocycles. The van der Waals surface area contributed by atoms with Crippen molar-refractivity contribution in [2.24, 2.45) is 0 Å². The minimum Gasteiger partial charge on any atom is -0.375 e. The van der Waals surface area contributed by atoms with E-state index in [9.17, 15) is 9.59 Å². The van der Waals surface area contributed by atoms with Crippen LogP contribution in [0.25, 0.3) is 0 Å². The van der Waals surface area contributed by atoms with Crippen LogP contribution in [0.5, 0.6) is 0 Å². The van der Waals surface area contributed by atoms with Crippen molar-refractivity contribution in [2.45, 2.75) is 18.9 Å². The lowest BCUT2D eigenvalue weighted by Gasteiger charge is -2.32. The van der Waals surface area contributed by atoms with Crippen molar-refractivity contribution in [3.63, 3.8) is 0 Å². The summed E-state index contributed by atoms with van der Waals surface area (Å²) in [6.45, 7) is 1.32. The van der Waals surface area contributed by atoms with Crippen LogP contribution in [-0.4, -0.2) is 59.8 Å². The Morgan fingerprint density at radius 1 is 1.38 bits per heavy atom. The number of carbonyl (C=O) groups is 2. The van der Waals surface area contributed by atoms with Crippen LogP contribution in [0.3, 0.4) is 0 Å². The van der Waals surface area contributed by atoms with Crippen LogP contribution in [0.2, 0.25) is 5.15 Å². The molecule has 21 heavy (non-hydrogen) atoms. The maximum Gasteiger partial charge on any atom is 0.272 e. The summed E-state index contributed by atoms with van der Waals surface area (Å²) in [5.74, 6) is -0.299. The van der Waals surface area contributed by atoms with Crippen molar-refractivity contribution < 1.29 is 14.3 Å². The van der Waals surface area contributed by atoms with Crippen molar-refractivity contribution in [2.75, 3.05) is 26.8 Å². The van der Waals surface area contributed by atoms with Gasteiger partial charge in [-0.15, -0.1) is 10.2 Å². The zero-order valence-corrected chi connectivity index (χ0v) is 12.5. The van der Waals surface area contributed by atoms with Gasteiger partial charge in [-0.2, -0.15) is 0 Å². The molecule has 2 rings (SSSR count). The first-order valence-electron chi connectivity index (χ1n) is 6.67. The Morgan fingerprint density at radius 3 is 2.67 bits per heavy atom. The molecule has 0 aromatic carbocycles. The molecule has 0 bridgehead atoms. The van der Waals surface area contributed by atoms with Gasteiger partial charge in [0, 0.05) is 26.2 Å². The summed E-state index contributed by atoms with van der Waals surface area (Å²) in [4.78, 5) is 25.4. The Balaban J connectivity index is 1.82. The zero-order valence-electron chi connectivity index (χ0n) is 11.7. The lowest BCUT2D eigenvalue weighted by atomic mass is 10.0. The standard InChI is InChI=1S/C13H17ClN4O3/c1-21-8-12(19)18-6-4-9(5-7-18)15-13(20)10-2-3-11(14)17-16-10/h2-3,9H,4-8H2,1H3,(H,15,20). The van der Waals surface area contributed by atoms with E-state index < -0.39 is 0 Å². The number of aromatic nitrogens is 2. The van der Waals surface area contributed by atoms with Crippen molar-refractivity contribution in [1.82, 2.24) is 20.4 Å². The molecule has 1 N–H and O–H groups in total. The molecule has 1 fully saturated rings. The number of nitrogens with zero attached hydrogens (tertiary/aromatic N) is 3. The summed E-state index contributed by atoms with van der Waals surface area (Å²) in [6.07, 6.45) is 1.42. The van der Waals surface area contributed by atoms with E-state index in [4.69, 9.17) is 16.3 Å². The van der Waals surface area contributed by atoms with Gasteiger partial charge in [0.05, 0.1) is 0 Å². The third-order valence-corrected chi connectivity index (χ3v) is 3.52. The number of carbonyl (C=O) groups excluding carboxylic acids is 2. The highest BCUT2D eigenvalue weighted by Crippen LogP contribution is 2.11. The Morgan fingerprint density at radius 2 is 2.10 bits per heavy atom. The average molecular weight is 313 g/mol. The quantitative estimate of drug-likeness (QED) is 0.875. The monoisotopic (exact) mass is 312 g/mol. The van der Waals surface area contributed by atoms with E-state index in [2.05, 4.69) is 15.5 Å². The Bertz CT molecular complexity index is 501. The number of ether oxygens (including phenoxy) is 1. The largest absolute Gasteiger partial charge is 0.375 e. The van der Waals surface area contributed by atoms with Crippen molar-refractivity contribution in [3.05, 3.63) is 23.0 Å². The molecular formula is C13H17ClN4O3. The lowest BCUT2D eigenvalue weighted by Crippen LogP contribution is -2.47. The fraction of sp³-hybridized carbons (Fsp3) is 0.538. The molecule has 114 valence electrons. The highest BCUT2D eigenvalue weighted by Gasteiger charge is 2.24. The fourth-order valence-corrected chi connectivity index (χ4v) is 2.29. The molecule has 2 amide bonds. The molecule has 1 aliphatic rings. The Hall–Kier alpha value is -1.73. The van der Waals surface area contributed by atoms with Gasteiger partial charge in [0.1, 0.15) is 6.61 Å². The first kappa shape index (κ1) is 15.7. The van der Waals surface area contributed by atoms with Gasteiger partial charge in [-0.3, -0.25) is 9.59 Å². The fourth-order valence-electron chi connectivity index (χ4n) is 2.18. The molecule has 2 heterocycles. The van der Waals surface area contributed by atoms with Gasteiger partial charge in [0.2, 0.25) is 5.91 Å². The summed E-state index contributed by atoms with van der Waals surface area (Å²) < 4.78 is 4.83. The van der Waals surface area contributed by atoms with Crippen LogP contribution in [-0.2, 0) is 9.53 Å². The number of amides is 2. The molecule has 0 unspecified atom stereocenters. The molecule has 8 heteroatoms. The molecule has 0 atom stereocenters. The summed E-state index contributed by atoms with van der Waals surface area (Å²) in [5, 5.41) is 10.5. The third kappa shape index (κ3) is 4.37. The number of halogens is 1. The van der Waals surface area contributed by atoms with Gasteiger partial charge < -0.3 is 15.0 Å². The minimum atomic E-state index is -0.277. The molecule has 0 spiro atoms. The lowest BCUT2D eigenvalue weighted by molar-refractivity contribution is -0.136. The Kier molecular flexibility index (Phi) is 5.46. The van der Waals surface area contributed by atoms with Gasteiger partial charge >= 0.3 is 0 Å². The van der Waals surface area contributed by atoms with Crippen LogP contribution in [0, 0.1) is 0 Å². The normalized spacial score (nSPS) is 15.8. The third-order valence-electron chi connectivity index (χ3n) is 3.32. The molecule has 1 aromatic heterocycles. The average Bonchev–Trinajstić information content (AvgIpc) is 2.49. The van der Waals surface area contributed by atoms with Gasteiger partial charge in [0.25, 0.3) is 5.91 Å². The summed E-state index contributed by atoms with van der Waals surface area (Å²) in [6, 6.07) is 3.08. The van der Waals surface area contributed by atoms with Gasteiger partial charge in [-0.05, 0) is 25.0 Å². The van der Waals surface area contributed by atoms with Crippen LogP contribution >= 0.6 is 11.6 Å². The van der Waals surface area contributed by atoms with E-state index in [-0.39, 0.29) is 35.3 Å². The van der Waals surface area contributed by atoms with Crippen LogP contribution in [0.1, 0.15) is 23.3 Å². The SMILES string of the molecule is COCC(=O)N1CCC(NC(=O)c2ccc(Cl)nn2)CC1. The number of hydrogen-bond acceptors (Lipinski definition) is 5. The number of hydrogen-bond donors (Lipinski definition) is 1. The second kappa shape index (κ2) is 7.33. The van der Waals surface area contributed by atoms with Crippen molar-refractivity contribution in [1.29, 1.82) is 0 Å². The maximum absolute atomic E-state index is 12.0. The number of likely N-dealkylation sites (tertiary alicyclic amines) is 1. The van der Waals surface area contributed by atoms with E-state index >= 15 is 0 Å². The van der Waals surface area contributed by atoms with E-state index in [1.807, 2.05) is 0 Å². The van der Waals surface area contributed by atoms with Crippen LogP contribution in [0.4, 0.5) is 0 Å². The summed E-state index contributed by atoms with van der Waals surface area (Å²) in [7, 11) is 1.50. The first-order valence-corrected chi connectivity index (χ1v) is 7.04. The maximum atomic E-state index is 12.0. The number of nitrogens with one attached hydrogen (secondary N) is 1.